The number of aromatic amines is 1. The standard InChI is InChI=1S/C25H27N5O3/c1-17(31)30-8-7-22-24-19(14-26-28-22)13-20(21(24)15-30)25(32)27-23(18-5-3-2-4-6-18)16-29-9-11-33-12-10-29/h2-8,13-14,23,26H,9-12,15-16H2,1H3,(H,27,32)/t23-/m1/s1. The lowest BCUT2D eigenvalue weighted by molar-refractivity contribution is -0.126. The largest absolute Gasteiger partial charge is 0.379 e. The Kier molecular flexibility index (Phi) is 5.93. The fraction of sp³-hybridized carbons (Fsp3) is 0.320. The van der Waals surface area contributed by atoms with Gasteiger partial charge in [-0.3, -0.25) is 19.6 Å². The molecule has 170 valence electrons. The van der Waals surface area contributed by atoms with Crippen molar-refractivity contribution in [2.24, 2.45) is 0 Å². The second kappa shape index (κ2) is 9.17. The van der Waals surface area contributed by atoms with Crippen molar-refractivity contribution in [3.63, 3.8) is 0 Å². The second-order valence-corrected chi connectivity index (χ2v) is 8.45. The highest BCUT2D eigenvalue weighted by atomic mass is 16.5. The first-order valence-corrected chi connectivity index (χ1v) is 11.2. The summed E-state index contributed by atoms with van der Waals surface area (Å²) in [6.07, 6.45) is 5.33. The number of hydrogen-bond acceptors (Lipinski definition) is 5. The van der Waals surface area contributed by atoms with Gasteiger partial charge in [-0.1, -0.05) is 30.3 Å². The zero-order valence-electron chi connectivity index (χ0n) is 18.6. The topological polar surface area (TPSA) is 90.6 Å². The van der Waals surface area contributed by atoms with E-state index in [-0.39, 0.29) is 17.9 Å². The maximum absolute atomic E-state index is 13.6. The van der Waals surface area contributed by atoms with E-state index in [1.165, 1.54) is 6.92 Å². The van der Waals surface area contributed by atoms with Crippen molar-refractivity contribution < 1.29 is 14.3 Å². The van der Waals surface area contributed by atoms with Gasteiger partial charge in [0.05, 0.1) is 31.5 Å². The highest BCUT2D eigenvalue weighted by molar-refractivity contribution is 6.02. The number of H-pyrrole nitrogens is 1. The molecular weight excluding hydrogens is 418 g/mol. The van der Waals surface area contributed by atoms with Gasteiger partial charge in [0.15, 0.2) is 0 Å². The van der Waals surface area contributed by atoms with Crippen LogP contribution in [0.3, 0.4) is 0 Å². The number of hydrogen-bond donors (Lipinski definition) is 2. The molecule has 33 heavy (non-hydrogen) atoms. The number of nitrogens with one attached hydrogen (secondary N) is 2. The SMILES string of the molecule is CC(=O)N1C=Cc2n[nH]cc3cc(C(=O)N[C@H](CN4CCOCC4)c4ccccc4)c(c2-3)C1. The zero-order valence-corrected chi connectivity index (χ0v) is 18.6. The fourth-order valence-electron chi connectivity index (χ4n) is 4.55. The Bertz CT molecular complexity index is 1150. The minimum atomic E-state index is -0.168. The molecule has 0 bridgehead atoms. The molecule has 1 fully saturated rings. The first-order valence-electron chi connectivity index (χ1n) is 11.2. The van der Waals surface area contributed by atoms with E-state index in [9.17, 15) is 9.59 Å². The number of ether oxygens (including phenoxy) is 1. The van der Waals surface area contributed by atoms with Crippen molar-refractivity contribution in [3.05, 3.63) is 71.2 Å². The quantitative estimate of drug-likeness (QED) is 0.630. The Morgan fingerprint density at radius 3 is 2.76 bits per heavy atom. The summed E-state index contributed by atoms with van der Waals surface area (Å²) in [6, 6.07) is 11.8. The number of carbonyl (C=O) groups is 2. The van der Waals surface area contributed by atoms with Crippen LogP contribution in [0.1, 0.15) is 40.1 Å². The second-order valence-electron chi connectivity index (χ2n) is 8.45. The van der Waals surface area contributed by atoms with Crippen molar-refractivity contribution in [2.45, 2.75) is 19.5 Å². The van der Waals surface area contributed by atoms with E-state index >= 15 is 0 Å². The molecule has 1 atom stereocenters. The van der Waals surface area contributed by atoms with Crippen LogP contribution in [0.25, 0.3) is 17.2 Å². The molecule has 5 rings (SSSR count). The summed E-state index contributed by atoms with van der Waals surface area (Å²) in [5, 5.41) is 10.5. The van der Waals surface area contributed by atoms with E-state index in [0.717, 1.165) is 41.0 Å². The lowest BCUT2D eigenvalue weighted by Crippen LogP contribution is -2.43. The molecule has 1 aliphatic carbocycles. The molecule has 8 nitrogen and oxygen atoms in total. The number of nitrogens with zero attached hydrogens (tertiary/aromatic N) is 3. The maximum atomic E-state index is 13.6. The molecule has 1 aromatic carbocycles. The molecule has 3 heterocycles. The van der Waals surface area contributed by atoms with Crippen LogP contribution in [0.4, 0.5) is 0 Å². The molecule has 2 amide bonds. The molecule has 3 aliphatic heterocycles. The summed E-state index contributed by atoms with van der Waals surface area (Å²) < 4.78 is 5.48. The first kappa shape index (κ1) is 21.4. The van der Waals surface area contributed by atoms with Crippen LogP contribution in [0.5, 0.6) is 0 Å². The lowest BCUT2D eigenvalue weighted by atomic mass is 10.0. The molecular formula is C25H27N5O3. The van der Waals surface area contributed by atoms with Crippen LogP contribution in [0.15, 0.2) is 48.8 Å². The van der Waals surface area contributed by atoms with Crippen molar-refractivity contribution in [3.8, 4) is 11.1 Å². The smallest absolute Gasteiger partial charge is 0.252 e. The van der Waals surface area contributed by atoms with E-state index in [0.29, 0.717) is 31.9 Å². The summed E-state index contributed by atoms with van der Waals surface area (Å²) in [6.45, 7) is 5.64. The van der Waals surface area contributed by atoms with Gasteiger partial charge in [-0.25, -0.2) is 0 Å². The van der Waals surface area contributed by atoms with Crippen LogP contribution in [-0.4, -0.2) is 64.7 Å². The van der Waals surface area contributed by atoms with Gasteiger partial charge in [0.25, 0.3) is 5.91 Å². The monoisotopic (exact) mass is 445 g/mol. The molecule has 0 saturated carbocycles. The molecule has 0 aromatic heterocycles. The molecule has 0 radical (unpaired) electrons. The molecule has 8 heteroatoms. The molecule has 0 unspecified atom stereocenters. The number of morpholine rings is 1. The maximum Gasteiger partial charge on any atom is 0.252 e. The average Bonchev–Trinajstić information content (AvgIpc) is 3.09. The van der Waals surface area contributed by atoms with Gasteiger partial charge in [-0.05, 0) is 23.3 Å². The van der Waals surface area contributed by atoms with Gasteiger partial charge in [-0.15, -0.1) is 0 Å². The number of amides is 2. The molecule has 0 spiro atoms. The Balaban J connectivity index is 1.47. The lowest BCUT2D eigenvalue weighted by Gasteiger charge is -2.31. The van der Waals surface area contributed by atoms with Gasteiger partial charge in [0.2, 0.25) is 5.91 Å². The molecule has 4 aliphatic rings. The Hall–Kier alpha value is -3.49. The predicted molar refractivity (Wildman–Crippen MR) is 124 cm³/mol. The highest BCUT2D eigenvalue weighted by Crippen LogP contribution is 2.37. The van der Waals surface area contributed by atoms with Crippen LogP contribution in [0, 0.1) is 0 Å². The summed E-state index contributed by atoms with van der Waals surface area (Å²) in [5.74, 6) is -0.238. The van der Waals surface area contributed by atoms with Gasteiger partial charge in [-0.2, -0.15) is 5.10 Å². The fourth-order valence-corrected chi connectivity index (χ4v) is 4.55. The van der Waals surface area contributed by atoms with Crippen LogP contribution < -0.4 is 5.32 Å². The normalized spacial score (nSPS) is 17.1. The molecule has 1 saturated heterocycles. The minimum absolute atomic E-state index is 0.0850. The number of rotatable bonds is 5. The average molecular weight is 446 g/mol. The van der Waals surface area contributed by atoms with E-state index in [1.807, 2.05) is 42.5 Å². The third-order valence-electron chi connectivity index (χ3n) is 6.32. The van der Waals surface area contributed by atoms with E-state index in [1.54, 1.807) is 17.3 Å². The van der Waals surface area contributed by atoms with Gasteiger partial charge in [0.1, 0.15) is 0 Å². The zero-order chi connectivity index (χ0) is 22.8. The summed E-state index contributed by atoms with van der Waals surface area (Å²) in [4.78, 5) is 29.7. The first-order chi connectivity index (χ1) is 16.1. The third kappa shape index (κ3) is 4.40. The third-order valence-corrected chi connectivity index (χ3v) is 6.32. The number of aromatic nitrogens is 2. The summed E-state index contributed by atoms with van der Waals surface area (Å²) >= 11 is 0. The van der Waals surface area contributed by atoms with Crippen molar-refractivity contribution in [1.82, 2.24) is 25.3 Å². The van der Waals surface area contributed by atoms with E-state index in [2.05, 4.69) is 20.4 Å². The predicted octanol–water partition coefficient (Wildman–Crippen LogP) is 2.65. The summed E-state index contributed by atoms with van der Waals surface area (Å²) in [7, 11) is 0. The Labute approximate surface area is 192 Å². The van der Waals surface area contributed by atoms with E-state index < -0.39 is 0 Å². The van der Waals surface area contributed by atoms with Gasteiger partial charge in [0, 0.05) is 55.6 Å². The van der Waals surface area contributed by atoms with Crippen LogP contribution in [-0.2, 0) is 16.1 Å². The van der Waals surface area contributed by atoms with E-state index in [4.69, 9.17) is 4.74 Å². The molecule has 2 N–H and O–H groups in total. The van der Waals surface area contributed by atoms with Gasteiger partial charge < -0.3 is 15.0 Å². The summed E-state index contributed by atoms with van der Waals surface area (Å²) in [5.41, 5.74) is 4.98. The van der Waals surface area contributed by atoms with Gasteiger partial charge >= 0.3 is 0 Å². The number of carbonyl (C=O) groups excluding carboxylic acids is 2. The highest BCUT2D eigenvalue weighted by Gasteiger charge is 2.29. The van der Waals surface area contributed by atoms with Crippen molar-refractivity contribution in [2.75, 3.05) is 32.8 Å². The molecule has 1 aromatic rings. The van der Waals surface area contributed by atoms with Crippen LogP contribution in [0.2, 0.25) is 0 Å². The Morgan fingerprint density at radius 2 is 2.00 bits per heavy atom. The van der Waals surface area contributed by atoms with Crippen molar-refractivity contribution >= 4 is 17.9 Å². The van der Waals surface area contributed by atoms with Crippen LogP contribution >= 0.6 is 0 Å². The van der Waals surface area contributed by atoms with Crippen molar-refractivity contribution in [1.29, 1.82) is 0 Å². The minimum Gasteiger partial charge on any atom is -0.379 e. The number of benzene rings is 1. The Morgan fingerprint density at radius 1 is 1.21 bits per heavy atom.